The van der Waals surface area contributed by atoms with Crippen molar-refractivity contribution in [1.29, 1.82) is 0 Å². The predicted molar refractivity (Wildman–Crippen MR) is 76.6 cm³/mol. The molecule has 0 aliphatic carbocycles. The molecule has 1 atom stereocenters. The number of ether oxygens (including phenoxy) is 1. The summed E-state index contributed by atoms with van der Waals surface area (Å²) in [6.45, 7) is 3.86. The van der Waals surface area contributed by atoms with Crippen LogP contribution in [0.1, 0.15) is 20.3 Å². The second-order valence-corrected chi connectivity index (χ2v) is 4.74. The minimum atomic E-state index is -0.570. The summed E-state index contributed by atoms with van der Waals surface area (Å²) in [5.41, 5.74) is 6.43. The first-order valence-corrected chi connectivity index (χ1v) is 6.80. The van der Waals surface area contributed by atoms with E-state index in [2.05, 4.69) is 5.32 Å². The van der Waals surface area contributed by atoms with Gasteiger partial charge in [0.05, 0.1) is 24.5 Å². The molecule has 6 nitrogen and oxygen atoms in total. The van der Waals surface area contributed by atoms with Crippen LogP contribution in [0.3, 0.4) is 0 Å². The van der Waals surface area contributed by atoms with Crippen LogP contribution in [0.25, 0.3) is 0 Å². The third-order valence-electron chi connectivity index (χ3n) is 3.33. The summed E-state index contributed by atoms with van der Waals surface area (Å²) in [5.74, 6) is -1.31. The van der Waals surface area contributed by atoms with Gasteiger partial charge in [0.15, 0.2) is 11.6 Å². The van der Waals surface area contributed by atoms with Crippen molar-refractivity contribution in [2.75, 3.05) is 23.8 Å². The fourth-order valence-corrected chi connectivity index (χ4v) is 2.40. The van der Waals surface area contributed by atoms with Crippen molar-refractivity contribution < 1.29 is 18.7 Å². The Morgan fingerprint density at radius 1 is 1.43 bits per heavy atom. The van der Waals surface area contributed by atoms with E-state index >= 15 is 0 Å². The van der Waals surface area contributed by atoms with Gasteiger partial charge in [-0.3, -0.25) is 14.9 Å². The lowest BCUT2D eigenvalue weighted by atomic mass is 10.1. The van der Waals surface area contributed by atoms with Crippen LogP contribution in [0.2, 0.25) is 0 Å². The van der Waals surface area contributed by atoms with Gasteiger partial charge in [-0.2, -0.15) is 0 Å². The predicted octanol–water partition coefficient (Wildman–Crippen LogP) is 1.05. The molecule has 0 radical (unpaired) electrons. The fourth-order valence-electron chi connectivity index (χ4n) is 2.40. The van der Waals surface area contributed by atoms with Gasteiger partial charge in [-0.25, -0.2) is 4.39 Å². The van der Waals surface area contributed by atoms with Crippen LogP contribution in [-0.2, 0) is 9.59 Å². The summed E-state index contributed by atoms with van der Waals surface area (Å²) in [6, 6.07) is 2.05. The Bertz CT molecular complexity index is 577. The molecule has 0 saturated carbocycles. The van der Waals surface area contributed by atoms with Crippen molar-refractivity contribution in [2.45, 2.75) is 26.3 Å². The zero-order valence-corrected chi connectivity index (χ0v) is 12.0. The van der Waals surface area contributed by atoms with Crippen LogP contribution in [0.15, 0.2) is 12.1 Å². The maximum atomic E-state index is 13.7. The highest BCUT2D eigenvalue weighted by atomic mass is 19.1. The average molecular weight is 295 g/mol. The Hall–Kier alpha value is -2.31. The van der Waals surface area contributed by atoms with Gasteiger partial charge < -0.3 is 15.4 Å². The molecular weight excluding hydrogens is 277 g/mol. The molecule has 2 amide bonds. The Morgan fingerprint density at radius 3 is 2.76 bits per heavy atom. The highest BCUT2D eigenvalue weighted by molar-refractivity contribution is 6.05. The number of nitrogens with zero attached hydrogens (tertiary/aromatic N) is 1. The number of nitrogen functional groups attached to an aromatic ring is 1. The SMILES string of the molecule is CCOc1cc(N2CC(=O)NC(=O)C2CC)c(N)cc1F. The van der Waals surface area contributed by atoms with E-state index in [0.29, 0.717) is 18.7 Å². The van der Waals surface area contributed by atoms with Crippen molar-refractivity contribution in [3.8, 4) is 5.75 Å². The minimum absolute atomic E-state index is 0.00829. The molecule has 2 rings (SSSR count). The van der Waals surface area contributed by atoms with E-state index in [0.717, 1.165) is 6.07 Å². The summed E-state index contributed by atoms with van der Waals surface area (Å²) in [4.78, 5) is 25.1. The number of carbonyl (C=O) groups excluding carboxylic acids is 2. The summed E-state index contributed by atoms with van der Waals surface area (Å²) in [6.07, 6.45) is 0.500. The fraction of sp³-hybridized carbons (Fsp3) is 0.429. The van der Waals surface area contributed by atoms with Gasteiger partial charge in [-0.05, 0) is 13.3 Å². The van der Waals surface area contributed by atoms with Crippen LogP contribution in [0.4, 0.5) is 15.8 Å². The average Bonchev–Trinajstić information content (AvgIpc) is 2.41. The lowest BCUT2D eigenvalue weighted by molar-refractivity contribution is -0.132. The second-order valence-electron chi connectivity index (χ2n) is 4.74. The Balaban J connectivity index is 2.45. The first-order chi connectivity index (χ1) is 9.97. The van der Waals surface area contributed by atoms with E-state index in [9.17, 15) is 14.0 Å². The Labute approximate surface area is 122 Å². The lowest BCUT2D eigenvalue weighted by Gasteiger charge is -2.36. The minimum Gasteiger partial charge on any atom is -0.491 e. The quantitative estimate of drug-likeness (QED) is 0.640. The molecule has 1 fully saturated rings. The standard InChI is InChI=1S/C14H18FN3O3/c1-3-10-14(20)17-13(19)7-18(10)11-6-12(21-4-2)8(15)5-9(11)16/h5-6,10H,3-4,7,16H2,1-2H3,(H,17,19,20). The van der Waals surface area contributed by atoms with Crippen molar-refractivity contribution in [3.05, 3.63) is 17.9 Å². The molecule has 1 aliphatic heterocycles. The van der Waals surface area contributed by atoms with Crippen molar-refractivity contribution in [2.24, 2.45) is 0 Å². The van der Waals surface area contributed by atoms with Crippen LogP contribution in [0.5, 0.6) is 5.75 Å². The summed E-state index contributed by atoms with van der Waals surface area (Å²) in [5, 5.41) is 2.28. The van der Waals surface area contributed by atoms with Gasteiger partial charge in [-0.15, -0.1) is 0 Å². The Kier molecular flexibility index (Phi) is 4.30. The molecular formula is C14H18FN3O3. The number of benzene rings is 1. The van der Waals surface area contributed by atoms with Crippen molar-refractivity contribution in [3.63, 3.8) is 0 Å². The van der Waals surface area contributed by atoms with Gasteiger partial charge >= 0.3 is 0 Å². The van der Waals surface area contributed by atoms with Gasteiger partial charge in [0.1, 0.15) is 6.04 Å². The van der Waals surface area contributed by atoms with Gasteiger partial charge in [0.2, 0.25) is 11.8 Å². The zero-order chi connectivity index (χ0) is 15.6. The number of rotatable bonds is 4. The number of anilines is 2. The molecule has 3 N–H and O–H groups in total. The molecule has 0 bridgehead atoms. The number of hydrogen-bond acceptors (Lipinski definition) is 5. The monoisotopic (exact) mass is 295 g/mol. The second kappa shape index (κ2) is 5.99. The number of hydrogen-bond donors (Lipinski definition) is 2. The number of piperazine rings is 1. The molecule has 0 spiro atoms. The van der Waals surface area contributed by atoms with Crippen molar-refractivity contribution in [1.82, 2.24) is 5.32 Å². The van der Waals surface area contributed by atoms with Gasteiger partial charge in [-0.1, -0.05) is 6.92 Å². The van der Waals surface area contributed by atoms with Crippen LogP contribution in [0, 0.1) is 5.82 Å². The maximum Gasteiger partial charge on any atom is 0.249 e. The molecule has 1 saturated heterocycles. The van der Waals surface area contributed by atoms with Crippen LogP contribution in [-0.4, -0.2) is 31.0 Å². The largest absolute Gasteiger partial charge is 0.491 e. The molecule has 1 aliphatic rings. The van der Waals surface area contributed by atoms with Crippen LogP contribution >= 0.6 is 0 Å². The molecule has 21 heavy (non-hydrogen) atoms. The van der Waals surface area contributed by atoms with E-state index in [-0.39, 0.29) is 23.9 Å². The highest BCUT2D eigenvalue weighted by Gasteiger charge is 2.33. The van der Waals surface area contributed by atoms with E-state index in [1.54, 1.807) is 11.8 Å². The van der Waals surface area contributed by atoms with Crippen LogP contribution < -0.4 is 20.7 Å². The number of nitrogens with one attached hydrogen (secondary N) is 1. The Morgan fingerprint density at radius 2 is 2.14 bits per heavy atom. The van der Waals surface area contributed by atoms with E-state index in [1.165, 1.54) is 6.07 Å². The number of nitrogens with two attached hydrogens (primary N) is 1. The number of imide groups is 1. The lowest BCUT2D eigenvalue weighted by Crippen LogP contribution is -2.58. The maximum absolute atomic E-state index is 13.7. The van der Waals surface area contributed by atoms with Gasteiger partial charge in [0.25, 0.3) is 0 Å². The smallest absolute Gasteiger partial charge is 0.249 e. The van der Waals surface area contributed by atoms with Gasteiger partial charge in [0, 0.05) is 12.1 Å². The number of carbonyl (C=O) groups is 2. The number of halogens is 1. The topological polar surface area (TPSA) is 84.7 Å². The first kappa shape index (κ1) is 15.1. The van der Waals surface area contributed by atoms with E-state index in [4.69, 9.17) is 10.5 Å². The molecule has 1 aromatic rings. The van der Waals surface area contributed by atoms with E-state index < -0.39 is 17.8 Å². The molecule has 114 valence electrons. The first-order valence-electron chi connectivity index (χ1n) is 6.80. The summed E-state index contributed by atoms with van der Waals surface area (Å²) in [7, 11) is 0. The highest BCUT2D eigenvalue weighted by Crippen LogP contribution is 2.33. The molecule has 7 heteroatoms. The third kappa shape index (κ3) is 2.91. The summed E-state index contributed by atoms with van der Waals surface area (Å²) < 4.78 is 19.0. The third-order valence-corrected chi connectivity index (χ3v) is 3.33. The summed E-state index contributed by atoms with van der Waals surface area (Å²) >= 11 is 0. The van der Waals surface area contributed by atoms with E-state index in [1.807, 2.05) is 6.92 Å². The molecule has 1 heterocycles. The number of amides is 2. The molecule has 1 aromatic carbocycles. The zero-order valence-electron chi connectivity index (χ0n) is 12.0. The van der Waals surface area contributed by atoms with Crippen molar-refractivity contribution >= 4 is 23.2 Å². The normalized spacial score (nSPS) is 18.6. The molecule has 0 aromatic heterocycles. The molecule has 1 unspecified atom stereocenters.